The van der Waals surface area contributed by atoms with Gasteiger partial charge in [-0.15, -0.1) is 11.3 Å². The van der Waals surface area contributed by atoms with Crippen LogP contribution in [-0.4, -0.2) is 27.8 Å². The quantitative estimate of drug-likeness (QED) is 0.0881. The lowest BCUT2D eigenvalue weighted by Gasteiger charge is -2.29. The lowest BCUT2D eigenvalue weighted by Crippen LogP contribution is -2.24. The third kappa shape index (κ3) is 7.63. The second kappa shape index (κ2) is 15.0. The summed E-state index contributed by atoms with van der Waals surface area (Å²) in [7, 11) is 0. The predicted octanol–water partition coefficient (Wildman–Crippen LogP) is 8.82. The van der Waals surface area contributed by atoms with Crippen LogP contribution in [0.3, 0.4) is 0 Å². The molecule has 1 aliphatic rings. The Morgan fingerprint density at radius 1 is 1.13 bits per heavy atom. The number of thioether (sulfide) groups is 1. The summed E-state index contributed by atoms with van der Waals surface area (Å²) in [6.07, 6.45) is 11.2. The SMILES string of the molecule is CCCCCCn1c(SCC(=O)Nc2sc3c(c2C#N)C=C(/C=C\c2ccc(OCC)cc2)CC3(C)C)nc2ccccc2c1=O. The molecule has 4 aromatic rings. The fourth-order valence-electron chi connectivity index (χ4n) is 5.71. The lowest BCUT2D eigenvalue weighted by atomic mass is 9.77. The average molecular weight is 653 g/mol. The Kier molecular flexibility index (Phi) is 10.8. The van der Waals surface area contributed by atoms with Crippen LogP contribution in [0.4, 0.5) is 5.00 Å². The highest BCUT2D eigenvalue weighted by molar-refractivity contribution is 7.99. The Morgan fingerprint density at radius 2 is 1.91 bits per heavy atom. The minimum Gasteiger partial charge on any atom is -0.494 e. The smallest absolute Gasteiger partial charge is 0.262 e. The molecule has 0 atom stereocenters. The van der Waals surface area contributed by atoms with Gasteiger partial charge in [0.1, 0.15) is 16.8 Å². The van der Waals surface area contributed by atoms with E-state index in [-0.39, 0.29) is 22.6 Å². The van der Waals surface area contributed by atoms with Crippen LogP contribution in [0.2, 0.25) is 0 Å². The van der Waals surface area contributed by atoms with E-state index in [9.17, 15) is 14.9 Å². The Labute approximate surface area is 279 Å². The Hall–Kier alpha value is -4.13. The number of hydrogen-bond donors (Lipinski definition) is 1. The summed E-state index contributed by atoms with van der Waals surface area (Å²) in [6, 6.07) is 17.7. The minimum absolute atomic E-state index is 0.0719. The van der Waals surface area contributed by atoms with Crippen LogP contribution >= 0.6 is 23.1 Å². The summed E-state index contributed by atoms with van der Waals surface area (Å²) in [5, 5.41) is 14.9. The summed E-state index contributed by atoms with van der Waals surface area (Å²) >= 11 is 2.73. The van der Waals surface area contributed by atoms with Gasteiger partial charge in [-0.2, -0.15) is 5.26 Å². The first-order valence-corrected chi connectivity index (χ1v) is 17.7. The number of thiophene rings is 1. The maximum Gasteiger partial charge on any atom is 0.262 e. The Balaban J connectivity index is 1.34. The van der Waals surface area contributed by atoms with Gasteiger partial charge in [-0.1, -0.05) is 88.2 Å². The first kappa shape index (κ1) is 33.2. The summed E-state index contributed by atoms with van der Waals surface area (Å²) in [4.78, 5) is 32.5. The van der Waals surface area contributed by atoms with Crippen LogP contribution in [0, 0.1) is 11.3 Å². The molecule has 0 saturated heterocycles. The number of unbranched alkanes of at least 4 members (excludes halogenated alkanes) is 3. The minimum atomic E-state index is -0.238. The molecule has 2 heterocycles. The average Bonchev–Trinajstić information content (AvgIpc) is 3.40. The Morgan fingerprint density at radius 3 is 2.65 bits per heavy atom. The van der Waals surface area contributed by atoms with Crippen molar-refractivity contribution in [3.05, 3.63) is 92.1 Å². The van der Waals surface area contributed by atoms with E-state index in [1.807, 2.05) is 49.4 Å². The van der Waals surface area contributed by atoms with Crippen molar-refractivity contribution < 1.29 is 9.53 Å². The van der Waals surface area contributed by atoms with Crippen molar-refractivity contribution in [3.8, 4) is 11.8 Å². The number of ether oxygens (including phenoxy) is 1. The van der Waals surface area contributed by atoms with Gasteiger partial charge in [-0.05, 0) is 61.2 Å². The summed E-state index contributed by atoms with van der Waals surface area (Å²) in [6.45, 7) is 9.67. The van der Waals surface area contributed by atoms with Crippen LogP contribution in [0.25, 0.3) is 23.1 Å². The van der Waals surface area contributed by atoms with E-state index in [1.54, 1.807) is 10.6 Å². The van der Waals surface area contributed by atoms with Crippen molar-refractivity contribution in [1.82, 2.24) is 9.55 Å². The molecule has 0 bridgehead atoms. The number of anilines is 1. The molecule has 0 spiro atoms. The molecule has 9 heteroatoms. The molecule has 46 heavy (non-hydrogen) atoms. The molecule has 0 radical (unpaired) electrons. The van der Waals surface area contributed by atoms with Crippen molar-refractivity contribution in [3.63, 3.8) is 0 Å². The van der Waals surface area contributed by atoms with Crippen molar-refractivity contribution >= 4 is 57.1 Å². The number of nitriles is 1. The van der Waals surface area contributed by atoms with E-state index in [2.05, 4.69) is 50.4 Å². The number of fused-ring (bicyclic) bond motifs is 2. The highest BCUT2D eigenvalue weighted by Crippen LogP contribution is 2.47. The first-order chi connectivity index (χ1) is 22.2. The number of nitrogens with zero attached hydrogens (tertiary/aromatic N) is 3. The van der Waals surface area contributed by atoms with Gasteiger partial charge in [0.25, 0.3) is 5.56 Å². The van der Waals surface area contributed by atoms with Gasteiger partial charge in [0.2, 0.25) is 5.91 Å². The van der Waals surface area contributed by atoms with E-state index in [1.165, 1.54) is 23.1 Å². The van der Waals surface area contributed by atoms with Gasteiger partial charge in [0, 0.05) is 22.4 Å². The zero-order valence-electron chi connectivity index (χ0n) is 26.9. The van der Waals surface area contributed by atoms with E-state index < -0.39 is 0 Å². The van der Waals surface area contributed by atoms with Gasteiger partial charge in [-0.3, -0.25) is 14.2 Å². The highest BCUT2D eigenvalue weighted by atomic mass is 32.2. The van der Waals surface area contributed by atoms with Gasteiger partial charge in [0.15, 0.2) is 5.16 Å². The molecule has 0 unspecified atom stereocenters. The molecule has 1 aliphatic carbocycles. The number of carbonyl (C=O) groups excluding carboxylic acids is 1. The monoisotopic (exact) mass is 652 g/mol. The molecule has 1 amide bonds. The number of benzene rings is 2. The van der Waals surface area contributed by atoms with Gasteiger partial charge in [0.05, 0.1) is 28.8 Å². The van der Waals surface area contributed by atoms with Crippen LogP contribution < -0.4 is 15.6 Å². The molecule has 7 nitrogen and oxygen atoms in total. The third-order valence-corrected chi connectivity index (χ3v) is 10.4. The fraction of sp³-hybridized carbons (Fsp3) is 0.351. The molecule has 238 valence electrons. The maximum atomic E-state index is 13.4. The van der Waals surface area contributed by atoms with E-state index >= 15 is 0 Å². The van der Waals surface area contributed by atoms with Gasteiger partial charge in [-0.25, -0.2) is 4.98 Å². The third-order valence-electron chi connectivity index (χ3n) is 7.98. The molecular weight excluding hydrogens is 613 g/mol. The normalized spacial score (nSPS) is 13.8. The maximum absolute atomic E-state index is 13.4. The standard InChI is InChI=1S/C37H40N4O3S2/c1-5-7-8-11-20-41-35(43)28-12-9-10-13-31(28)39-36(41)45-24-32(42)40-34-30(23-38)29-21-26(22-37(3,4)33(29)46-34)15-14-25-16-18-27(19-17-25)44-6-2/h9-10,12-19,21H,5-8,11,20,22,24H2,1-4H3,(H,40,42)/b15-14-. The number of para-hydroxylation sites is 1. The van der Waals surface area contributed by atoms with E-state index in [0.717, 1.165) is 59.4 Å². The zero-order chi connectivity index (χ0) is 32.7. The topological polar surface area (TPSA) is 97.0 Å². The second-order valence-corrected chi connectivity index (χ2v) is 14.0. The van der Waals surface area contributed by atoms with E-state index in [0.29, 0.717) is 39.8 Å². The number of amides is 1. The van der Waals surface area contributed by atoms with Gasteiger partial charge >= 0.3 is 0 Å². The first-order valence-electron chi connectivity index (χ1n) is 15.8. The Bertz CT molecular complexity index is 1880. The van der Waals surface area contributed by atoms with Crippen LogP contribution in [0.5, 0.6) is 5.75 Å². The van der Waals surface area contributed by atoms with Crippen molar-refractivity contribution in [2.45, 2.75) is 76.9 Å². The van der Waals surface area contributed by atoms with Crippen molar-refractivity contribution in [2.24, 2.45) is 0 Å². The van der Waals surface area contributed by atoms with Crippen LogP contribution in [0.1, 0.15) is 81.4 Å². The summed E-state index contributed by atoms with van der Waals surface area (Å²) in [5.41, 5.74) is 3.87. The molecule has 5 rings (SSSR count). The summed E-state index contributed by atoms with van der Waals surface area (Å²) in [5.74, 6) is 0.678. The molecule has 1 N–H and O–H groups in total. The van der Waals surface area contributed by atoms with Gasteiger partial charge < -0.3 is 10.1 Å². The number of allylic oxidation sites excluding steroid dienone is 2. The second-order valence-electron chi connectivity index (χ2n) is 12.0. The van der Waals surface area contributed by atoms with Crippen molar-refractivity contribution in [1.29, 1.82) is 5.26 Å². The lowest BCUT2D eigenvalue weighted by molar-refractivity contribution is -0.113. The zero-order valence-corrected chi connectivity index (χ0v) is 28.5. The number of rotatable bonds is 13. The summed E-state index contributed by atoms with van der Waals surface area (Å²) < 4.78 is 7.25. The predicted molar refractivity (Wildman–Crippen MR) is 191 cm³/mol. The molecular formula is C37H40N4O3S2. The molecule has 0 aliphatic heterocycles. The van der Waals surface area contributed by atoms with E-state index in [4.69, 9.17) is 9.72 Å². The molecule has 0 fully saturated rings. The largest absolute Gasteiger partial charge is 0.494 e. The number of aromatic nitrogens is 2. The number of carbonyl (C=O) groups is 1. The highest BCUT2D eigenvalue weighted by Gasteiger charge is 2.33. The number of nitrogens with one attached hydrogen (secondary N) is 1. The molecule has 0 saturated carbocycles. The number of hydrogen-bond acceptors (Lipinski definition) is 7. The van der Waals surface area contributed by atoms with Crippen molar-refractivity contribution in [2.75, 3.05) is 17.7 Å². The molecule has 2 aromatic heterocycles. The fourth-order valence-corrected chi connectivity index (χ4v) is 7.78. The van der Waals surface area contributed by atoms with Crippen LogP contribution in [-0.2, 0) is 16.8 Å². The van der Waals surface area contributed by atoms with Crippen LogP contribution in [0.15, 0.2) is 70.1 Å². The molecule has 2 aromatic carbocycles.